The van der Waals surface area contributed by atoms with E-state index in [9.17, 15) is 4.79 Å². The zero-order chi connectivity index (χ0) is 15.2. The molecule has 1 aliphatic rings. The Morgan fingerprint density at radius 3 is 2.30 bits per heavy atom. The summed E-state index contributed by atoms with van der Waals surface area (Å²) in [6.07, 6.45) is 6.23. The highest BCUT2D eigenvalue weighted by Gasteiger charge is 2.39. The first-order valence-electron chi connectivity index (χ1n) is 8.23. The van der Waals surface area contributed by atoms with E-state index in [1.807, 2.05) is 6.92 Å². The molecule has 1 saturated carbocycles. The van der Waals surface area contributed by atoms with Crippen molar-refractivity contribution >= 4 is 5.97 Å². The van der Waals surface area contributed by atoms with Crippen LogP contribution in [0.15, 0.2) is 0 Å². The van der Waals surface area contributed by atoms with Crippen molar-refractivity contribution in [2.45, 2.75) is 78.7 Å². The molecule has 0 saturated heterocycles. The number of hydrogen-bond acceptors (Lipinski definition) is 3. The fraction of sp³-hybridized carbons (Fsp3) is 0.941. The standard InChI is InChI=1S/C17H33NO2/c1-6-12-18-17(13-15(19)20-7-2)10-8-14(9-11-17)16(3,4)5/h14,18H,6-13H2,1-5H3. The molecule has 1 fully saturated rings. The number of carbonyl (C=O) groups is 1. The number of carbonyl (C=O) groups excluding carboxylic acids is 1. The van der Waals surface area contributed by atoms with Crippen LogP contribution in [0, 0.1) is 11.3 Å². The third-order valence-electron chi connectivity index (χ3n) is 4.71. The zero-order valence-corrected chi connectivity index (χ0v) is 14.1. The summed E-state index contributed by atoms with van der Waals surface area (Å²) in [7, 11) is 0. The smallest absolute Gasteiger partial charge is 0.307 e. The Kier molecular flexibility index (Phi) is 6.50. The maximum Gasteiger partial charge on any atom is 0.307 e. The van der Waals surface area contributed by atoms with Crippen molar-refractivity contribution in [1.29, 1.82) is 0 Å². The molecule has 3 nitrogen and oxygen atoms in total. The molecule has 0 amide bonds. The molecule has 1 rings (SSSR count). The lowest BCUT2D eigenvalue weighted by atomic mass is 9.66. The monoisotopic (exact) mass is 283 g/mol. The first-order chi connectivity index (χ1) is 9.33. The molecule has 0 aromatic carbocycles. The second-order valence-corrected chi connectivity index (χ2v) is 7.33. The van der Waals surface area contributed by atoms with E-state index < -0.39 is 0 Å². The summed E-state index contributed by atoms with van der Waals surface area (Å²) in [6, 6.07) is 0. The molecule has 118 valence electrons. The van der Waals surface area contributed by atoms with Crippen molar-refractivity contribution in [3.05, 3.63) is 0 Å². The van der Waals surface area contributed by atoms with E-state index in [4.69, 9.17) is 4.74 Å². The van der Waals surface area contributed by atoms with Crippen LogP contribution in [0.25, 0.3) is 0 Å². The van der Waals surface area contributed by atoms with Crippen LogP contribution in [-0.4, -0.2) is 24.7 Å². The van der Waals surface area contributed by atoms with Crippen molar-refractivity contribution in [3.8, 4) is 0 Å². The van der Waals surface area contributed by atoms with Crippen LogP contribution >= 0.6 is 0 Å². The average Bonchev–Trinajstić information content (AvgIpc) is 2.36. The highest BCUT2D eigenvalue weighted by atomic mass is 16.5. The topological polar surface area (TPSA) is 38.3 Å². The second-order valence-electron chi connectivity index (χ2n) is 7.33. The van der Waals surface area contributed by atoms with Crippen LogP contribution in [0.2, 0.25) is 0 Å². The van der Waals surface area contributed by atoms with Crippen molar-refractivity contribution < 1.29 is 9.53 Å². The van der Waals surface area contributed by atoms with Gasteiger partial charge in [0, 0.05) is 5.54 Å². The SMILES string of the molecule is CCCNC1(CC(=O)OCC)CCC(C(C)(C)C)CC1. The van der Waals surface area contributed by atoms with Gasteiger partial charge in [0.1, 0.15) is 0 Å². The minimum Gasteiger partial charge on any atom is -0.466 e. The van der Waals surface area contributed by atoms with Gasteiger partial charge in [-0.25, -0.2) is 0 Å². The summed E-state index contributed by atoms with van der Waals surface area (Å²) in [5.41, 5.74) is 0.352. The van der Waals surface area contributed by atoms with Crippen LogP contribution in [0.1, 0.15) is 73.1 Å². The highest BCUT2D eigenvalue weighted by Crippen LogP contribution is 2.42. The summed E-state index contributed by atoms with van der Waals surface area (Å²) in [5.74, 6) is 0.714. The summed E-state index contributed by atoms with van der Waals surface area (Å²) < 4.78 is 5.16. The molecule has 0 spiro atoms. The van der Waals surface area contributed by atoms with Crippen LogP contribution in [0.3, 0.4) is 0 Å². The minimum atomic E-state index is -0.0506. The summed E-state index contributed by atoms with van der Waals surface area (Å²) in [6.45, 7) is 12.5. The van der Waals surface area contributed by atoms with E-state index in [2.05, 4.69) is 33.0 Å². The van der Waals surface area contributed by atoms with E-state index in [-0.39, 0.29) is 11.5 Å². The number of nitrogens with one attached hydrogen (secondary N) is 1. The Morgan fingerprint density at radius 1 is 1.25 bits per heavy atom. The lowest BCUT2D eigenvalue weighted by Gasteiger charge is -2.44. The summed E-state index contributed by atoms with van der Waals surface area (Å²) in [5, 5.41) is 3.65. The first-order valence-corrected chi connectivity index (χ1v) is 8.23. The fourth-order valence-electron chi connectivity index (χ4n) is 3.33. The van der Waals surface area contributed by atoms with Crippen LogP contribution in [0.4, 0.5) is 0 Å². The zero-order valence-electron chi connectivity index (χ0n) is 14.1. The average molecular weight is 283 g/mol. The summed E-state index contributed by atoms with van der Waals surface area (Å²) in [4.78, 5) is 11.9. The largest absolute Gasteiger partial charge is 0.466 e. The Labute approximate surface area is 124 Å². The number of rotatable bonds is 6. The van der Waals surface area contributed by atoms with Gasteiger partial charge in [-0.2, -0.15) is 0 Å². The van der Waals surface area contributed by atoms with Crippen LogP contribution in [-0.2, 0) is 9.53 Å². The second kappa shape index (κ2) is 7.44. The van der Waals surface area contributed by atoms with E-state index in [1.165, 1.54) is 12.8 Å². The van der Waals surface area contributed by atoms with Crippen molar-refractivity contribution in [3.63, 3.8) is 0 Å². The molecule has 3 heteroatoms. The Morgan fingerprint density at radius 2 is 1.85 bits per heavy atom. The molecule has 0 aromatic rings. The minimum absolute atomic E-state index is 0.0238. The van der Waals surface area contributed by atoms with Crippen LogP contribution < -0.4 is 5.32 Å². The number of ether oxygens (including phenoxy) is 1. The molecule has 1 N–H and O–H groups in total. The predicted octanol–water partition coefficient (Wildman–Crippen LogP) is 3.91. The van der Waals surface area contributed by atoms with Crippen LogP contribution in [0.5, 0.6) is 0 Å². The molecule has 0 aromatic heterocycles. The molecule has 20 heavy (non-hydrogen) atoms. The number of esters is 1. The van der Waals surface area contributed by atoms with Gasteiger partial charge in [0.05, 0.1) is 13.0 Å². The maximum atomic E-state index is 11.9. The fourth-order valence-corrected chi connectivity index (χ4v) is 3.33. The van der Waals surface area contributed by atoms with E-state index in [1.54, 1.807) is 0 Å². The maximum absolute atomic E-state index is 11.9. The van der Waals surface area contributed by atoms with E-state index in [0.29, 0.717) is 18.4 Å². The lowest BCUT2D eigenvalue weighted by molar-refractivity contribution is -0.145. The van der Waals surface area contributed by atoms with Crippen molar-refractivity contribution in [2.75, 3.05) is 13.2 Å². The van der Waals surface area contributed by atoms with Gasteiger partial charge in [0.2, 0.25) is 0 Å². The Balaban J connectivity index is 2.65. The van der Waals surface area contributed by atoms with Gasteiger partial charge < -0.3 is 10.1 Å². The molecular formula is C17H33NO2. The lowest BCUT2D eigenvalue weighted by Crippen LogP contribution is -2.50. The van der Waals surface area contributed by atoms with Gasteiger partial charge in [-0.3, -0.25) is 4.79 Å². The van der Waals surface area contributed by atoms with Crippen molar-refractivity contribution in [1.82, 2.24) is 5.32 Å². The normalized spacial score (nSPS) is 27.4. The van der Waals surface area contributed by atoms with Crippen molar-refractivity contribution in [2.24, 2.45) is 11.3 Å². The quantitative estimate of drug-likeness (QED) is 0.751. The highest BCUT2D eigenvalue weighted by molar-refractivity contribution is 5.71. The molecule has 0 aliphatic heterocycles. The number of hydrogen-bond donors (Lipinski definition) is 1. The van der Waals surface area contributed by atoms with Gasteiger partial charge >= 0.3 is 5.97 Å². The third-order valence-corrected chi connectivity index (χ3v) is 4.71. The molecule has 0 atom stereocenters. The molecule has 0 bridgehead atoms. The third kappa shape index (κ3) is 5.08. The Hall–Kier alpha value is -0.570. The molecule has 0 radical (unpaired) electrons. The van der Waals surface area contributed by atoms with Gasteiger partial charge in [0.25, 0.3) is 0 Å². The molecule has 0 heterocycles. The summed E-state index contributed by atoms with van der Waals surface area (Å²) >= 11 is 0. The van der Waals surface area contributed by atoms with E-state index >= 15 is 0 Å². The predicted molar refractivity (Wildman–Crippen MR) is 83.7 cm³/mol. The van der Waals surface area contributed by atoms with Gasteiger partial charge in [0.15, 0.2) is 0 Å². The first kappa shape index (κ1) is 17.5. The van der Waals surface area contributed by atoms with E-state index in [0.717, 1.165) is 31.7 Å². The van der Waals surface area contributed by atoms with Gasteiger partial charge in [-0.05, 0) is 56.9 Å². The van der Waals surface area contributed by atoms with Gasteiger partial charge in [-0.15, -0.1) is 0 Å². The van der Waals surface area contributed by atoms with Gasteiger partial charge in [-0.1, -0.05) is 27.7 Å². The molecule has 1 aliphatic carbocycles. The molecule has 0 unspecified atom stereocenters. The Bertz CT molecular complexity index is 299. The molecular weight excluding hydrogens is 250 g/mol.